The average molecular weight is 223 g/mol. The van der Waals surface area contributed by atoms with Crippen LogP contribution in [0.1, 0.15) is 18.9 Å². The first-order chi connectivity index (χ1) is 7.71. The molecule has 0 aliphatic heterocycles. The Morgan fingerprint density at radius 2 is 2.06 bits per heavy atom. The monoisotopic (exact) mass is 223 g/mol. The normalized spacial score (nSPS) is 12.2. The summed E-state index contributed by atoms with van der Waals surface area (Å²) in [6.45, 7) is 4.89. The third-order valence-electron chi connectivity index (χ3n) is 2.58. The fourth-order valence-electron chi connectivity index (χ4n) is 1.60. The first-order valence-electron chi connectivity index (χ1n) is 5.61. The van der Waals surface area contributed by atoms with Gasteiger partial charge in [-0.3, -0.25) is 0 Å². The highest BCUT2D eigenvalue weighted by Crippen LogP contribution is 2.26. The minimum absolute atomic E-state index is 0.321. The Kier molecular flexibility index (Phi) is 5.12. The van der Waals surface area contributed by atoms with Crippen LogP contribution in [0.25, 0.3) is 0 Å². The van der Waals surface area contributed by atoms with Gasteiger partial charge in [-0.05, 0) is 31.0 Å². The predicted molar refractivity (Wildman–Crippen MR) is 67.3 cm³/mol. The number of rotatable bonds is 6. The molecule has 0 aliphatic rings. The van der Waals surface area contributed by atoms with Crippen molar-refractivity contribution in [2.24, 2.45) is 0 Å². The summed E-state index contributed by atoms with van der Waals surface area (Å²) in [7, 11) is 3.41. The van der Waals surface area contributed by atoms with Crippen molar-refractivity contribution in [2.75, 3.05) is 26.1 Å². The highest BCUT2D eigenvalue weighted by Gasteiger charge is 2.09. The van der Waals surface area contributed by atoms with E-state index < -0.39 is 0 Å². The van der Waals surface area contributed by atoms with Crippen LogP contribution >= 0.6 is 0 Å². The lowest BCUT2D eigenvalue weighted by Gasteiger charge is -2.19. The summed E-state index contributed by atoms with van der Waals surface area (Å²) in [5.74, 6) is 0.884. The van der Waals surface area contributed by atoms with Crippen LogP contribution in [-0.2, 0) is 4.74 Å². The molecule has 3 nitrogen and oxygen atoms in total. The average Bonchev–Trinajstić information content (AvgIpc) is 2.30. The number of nitrogens with one attached hydrogen (secondary N) is 1. The molecular weight excluding hydrogens is 202 g/mol. The predicted octanol–water partition coefficient (Wildman–Crippen LogP) is 2.84. The van der Waals surface area contributed by atoms with E-state index in [9.17, 15) is 0 Å². The van der Waals surface area contributed by atoms with E-state index in [4.69, 9.17) is 9.47 Å². The van der Waals surface area contributed by atoms with E-state index in [1.165, 1.54) is 5.56 Å². The molecule has 0 bridgehead atoms. The van der Waals surface area contributed by atoms with Crippen molar-refractivity contribution < 1.29 is 9.47 Å². The Morgan fingerprint density at radius 1 is 1.31 bits per heavy atom. The van der Waals surface area contributed by atoms with Crippen molar-refractivity contribution in [3.05, 3.63) is 23.8 Å². The highest BCUT2D eigenvalue weighted by molar-refractivity contribution is 5.58. The molecule has 1 N–H and O–H groups in total. The van der Waals surface area contributed by atoms with Gasteiger partial charge in [0.1, 0.15) is 5.75 Å². The molecule has 1 atom stereocenters. The van der Waals surface area contributed by atoms with Crippen LogP contribution in [0.5, 0.6) is 5.75 Å². The number of benzene rings is 1. The summed E-state index contributed by atoms with van der Waals surface area (Å²) in [6, 6.07) is 6.47. The topological polar surface area (TPSA) is 30.5 Å². The lowest BCUT2D eigenvalue weighted by atomic mass is 10.1. The second-order valence-corrected chi connectivity index (χ2v) is 3.91. The smallest absolute Gasteiger partial charge is 0.142 e. The SMILES string of the molecule is CCC(COC)Nc1ccc(C)cc1OC. The molecule has 1 aromatic carbocycles. The number of methoxy groups -OCH3 is 2. The van der Waals surface area contributed by atoms with E-state index in [2.05, 4.69) is 25.2 Å². The van der Waals surface area contributed by atoms with Gasteiger partial charge in [0.2, 0.25) is 0 Å². The molecule has 0 heterocycles. The fraction of sp³-hybridized carbons (Fsp3) is 0.538. The van der Waals surface area contributed by atoms with Gasteiger partial charge in [-0.1, -0.05) is 13.0 Å². The lowest BCUT2D eigenvalue weighted by molar-refractivity contribution is 0.184. The van der Waals surface area contributed by atoms with Crippen molar-refractivity contribution in [3.63, 3.8) is 0 Å². The van der Waals surface area contributed by atoms with Crippen molar-refractivity contribution >= 4 is 5.69 Å². The molecule has 0 aromatic heterocycles. The van der Waals surface area contributed by atoms with Crippen LogP contribution in [-0.4, -0.2) is 26.9 Å². The molecule has 3 heteroatoms. The van der Waals surface area contributed by atoms with Gasteiger partial charge in [0.25, 0.3) is 0 Å². The minimum atomic E-state index is 0.321. The second-order valence-electron chi connectivity index (χ2n) is 3.91. The van der Waals surface area contributed by atoms with Crippen molar-refractivity contribution in [1.82, 2.24) is 0 Å². The van der Waals surface area contributed by atoms with Gasteiger partial charge in [0, 0.05) is 13.2 Å². The van der Waals surface area contributed by atoms with Crippen molar-refractivity contribution in [3.8, 4) is 5.75 Å². The van der Waals surface area contributed by atoms with Gasteiger partial charge in [-0.15, -0.1) is 0 Å². The van der Waals surface area contributed by atoms with E-state index in [0.717, 1.165) is 17.9 Å². The highest BCUT2D eigenvalue weighted by atomic mass is 16.5. The summed E-state index contributed by atoms with van der Waals surface area (Å²) in [4.78, 5) is 0. The zero-order chi connectivity index (χ0) is 12.0. The molecule has 0 amide bonds. The number of hydrogen-bond acceptors (Lipinski definition) is 3. The van der Waals surface area contributed by atoms with Gasteiger partial charge >= 0.3 is 0 Å². The number of ether oxygens (including phenoxy) is 2. The van der Waals surface area contributed by atoms with E-state index in [-0.39, 0.29) is 0 Å². The third-order valence-corrected chi connectivity index (χ3v) is 2.58. The molecule has 1 rings (SSSR count). The Morgan fingerprint density at radius 3 is 2.62 bits per heavy atom. The van der Waals surface area contributed by atoms with Crippen LogP contribution in [0, 0.1) is 6.92 Å². The molecule has 1 unspecified atom stereocenters. The van der Waals surface area contributed by atoms with Crippen LogP contribution in [0.3, 0.4) is 0 Å². The summed E-state index contributed by atoms with van der Waals surface area (Å²) in [5, 5.41) is 3.43. The maximum atomic E-state index is 5.35. The van der Waals surface area contributed by atoms with Crippen LogP contribution in [0.4, 0.5) is 5.69 Å². The second kappa shape index (κ2) is 6.38. The first kappa shape index (κ1) is 12.8. The molecule has 1 aromatic rings. The number of hydrogen-bond donors (Lipinski definition) is 1. The molecule has 90 valence electrons. The van der Waals surface area contributed by atoms with Crippen molar-refractivity contribution in [1.29, 1.82) is 0 Å². The van der Waals surface area contributed by atoms with Crippen molar-refractivity contribution in [2.45, 2.75) is 26.3 Å². The van der Waals surface area contributed by atoms with Gasteiger partial charge in [0.15, 0.2) is 0 Å². The standard InChI is InChI=1S/C13H21NO2/c1-5-11(9-15-3)14-12-7-6-10(2)8-13(12)16-4/h6-8,11,14H,5,9H2,1-4H3. The van der Waals surface area contributed by atoms with E-state index in [1.807, 2.05) is 12.1 Å². The summed E-state index contributed by atoms with van der Waals surface area (Å²) in [6.07, 6.45) is 1.02. The van der Waals surface area contributed by atoms with Gasteiger partial charge in [-0.2, -0.15) is 0 Å². The Balaban J connectivity index is 2.78. The van der Waals surface area contributed by atoms with Crippen LogP contribution in [0.15, 0.2) is 18.2 Å². The quantitative estimate of drug-likeness (QED) is 0.804. The maximum Gasteiger partial charge on any atom is 0.142 e. The molecule has 0 fully saturated rings. The summed E-state index contributed by atoms with van der Waals surface area (Å²) in [5.41, 5.74) is 2.22. The number of aryl methyl sites for hydroxylation is 1. The molecule has 0 aliphatic carbocycles. The minimum Gasteiger partial charge on any atom is -0.495 e. The summed E-state index contributed by atoms with van der Waals surface area (Å²) >= 11 is 0. The Hall–Kier alpha value is -1.22. The molecule has 0 radical (unpaired) electrons. The number of anilines is 1. The van der Waals surface area contributed by atoms with E-state index in [1.54, 1.807) is 14.2 Å². The largest absolute Gasteiger partial charge is 0.495 e. The molecule has 0 spiro atoms. The molecule has 16 heavy (non-hydrogen) atoms. The van der Waals surface area contributed by atoms with Gasteiger partial charge in [-0.25, -0.2) is 0 Å². The lowest BCUT2D eigenvalue weighted by Crippen LogP contribution is -2.24. The Labute approximate surface area is 97.8 Å². The zero-order valence-electron chi connectivity index (χ0n) is 10.5. The van der Waals surface area contributed by atoms with E-state index in [0.29, 0.717) is 12.6 Å². The Bertz CT molecular complexity index is 326. The van der Waals surface area contributed by atoms with Gasteiger partial charge < -0.3 is 14.8 Å². The van der Waals surface area contributed by atoms with Crippen LogP contribution in [0.2, 0.25) is 0 Å². The van der Waals surface area contributed by atoms with E-state index >= 15 is 0 Å². The summed E-state index contributed by atoms with van der Waals surface area (Å²) < 4.78 is 10.5. The molecular formula is C13H21NO2. The van der Waals surface area contributed by atoms with Gasteiger partial charge in [0.05, 0.1) is 19.4 Å². The maximum absolute atomic E-state index is 5.35. The first-order valence-corrected chi connectivity index (χ1v) is 5.61. The fourth-order valence-corrected chi connectivity index (χ4v) is 1.60. The van der Waals surface area contributed by atoms with Crippen LogP contribution < -0.4 is 10.1 Å². The third kappa shape index (κ3) is 3.42. The molecule has 0 saturated heterocycles. The molecule has 0 saturated carbocycles. The zero-order valence-corrected chi connectivity index (χ0v) is 10.5.